The van der Waals surface area contributed by atoms with Gasteiger partial charge in [-0.25, -0.2) is 0 Å². The minimum absolute atomic E-state index is 0.0429. The molecule has 1 aromatic carbocycles. The Bertz CT molecular complexity index is 495. The minimum Gasteiger partial charge on any atom is -0.383 e. The number of ether oxygens (including phenoxy) is 1. The summed E-state index contributed by atoms with van der Waals surface area (Å²) in [7, 11) is 1.52. The first-order chi connectivity index (χ1) is 9.74. The van der Waals surface area contributed by atoms with Gasteiger partial charge in [0.2, 0.25) is 5.91 Å². The van der Waals surface area contributed by atoms with Gasteiger partial charge in [-0.1, -0.05) is 15.9 Å². The average molecular weight is 369 g/mol. The Balaban J connectivity index is 2.62. The van der Waals surface area contributed by atoms with Gasteiger partial charge in [0.15, 0.2) is 0 Å². The Morgan fingerprint density at radius 2 is 2.10 bits per heavy atom. The molecular formula is C13H16BrF3N2O2. The van der Waals surface area contributed by atoms with Crippen molar-refractivity contribution in [3.63, 3.8) is 0 Å². The molecule has 0 aliphatic rings. The molecule has 1 atom stereocenters. The second-order valence-corrected chi connectivity index (χ2v) is 5.32. The van der Waals surface area contributed by atoms with E-state index in [0.717, 1.165) is 6.07 Å². The van der Waals surface area contributed by atoms with Gasteiger partial charge < -0.3 is 15.4 Å². The predicted molar refractivity (Wildman–Crippen MR) is 77.1 cm³/mol. The molecule has 1 rings (SSSR count). The van der Waals surface area contributed by atoms with Crippen LogP contribution < -0.4 is 10.6 Å². The molecular weight excluding hydrogens is 353 g/mol. The van der Waals surface area contributed by atoms with Crippen molar-refractivity contribution >= 4 is 27.5 Å². The molecule has 0 fully saturated rings. The van der Waals surface area contributed by atoms with Crippen molar-refractivity contribution in [2.24, 2.45) is 0 Å². The number of carbonyl (C=O) groups excluding carboxylic acids is 1. The Labute approximate surface area is 129 Å². The number of anilines is 1. The number of halogens is 4. The molecule has 0 bridgehead atoms. The molecule has 0 heterocycles. The van der Waals surface area contributed by atoms with Crippen LogP contribution in [0.2, 0.25) is 0 Å². The first kappa shape index (κ1) is 17.8. The van der Waals surface area contributed by atoms with E-state index < -0.39 is 11.7 Å². The molecule has 21 heavy (non-hydrogen) atoms. The van der Waals surface area contributed by atoms with Gasteiger partial charge in [0.25, 0.3) is 0 Å². The van der Waals surface area contributed by atoms with Crippen molar-refractivity contribution in [3.05, 3.63) is 28.2 Å². The number of hydrogen-bond acceptors (Lipinski definition) is 3. The highest BCUT2D eigenvalue weighted by atomic mass is 79.9. The zero-order valence-corrected chi connectivity index (χ0v) is 13.1. The minimum atomic E-state index is -4.45. The van der Waals surface area contributed by atoms with Crippen LogP contribution in [0, 0.1) is 0 Å². The quantitative estimate of drug-likeness (QED) is 0.811. The number of methoxy groups -OCH3 is 1. The van der Waals surface area contributed by atoms with Gasteiger partial charge >= 0.3 is 6.18 Å². The molecule has 1 aromatic rings. The third-order valence-electron chi connectivity index (χ3n) is 2.55. The average Bonchev–Trinajstić information content (AvgIpc) is 2.36. The molecule has 1 unspecified atom stereocenters. The summed E-state index contributed by atoms with van der Waals surface area (Å²) in [5.41, 5.74) is -0.569. The number of nitrogens with one attached hydrogen (secondary N) is 2. The fourth-order valence-corrected chi connectivity index (χ4v) is 2.12. The summed E-state index contributed by atoms with van der Waals surface area (Å²) in [4.78, 5) is 11.6. The highest BCUT2D eigenvalue weighted by Gasteiger charge is 2.33. The van der Waals surface area contributed by atoms with Crippen LogP contribution in [-0.2, 0) is 15.7 Å². The standard InChI is InChI=1S/C13H16BrF3N2O2/c1-8(7-21-2)19-12(20)6-18-9-3-4-11(14)10(5-9)13(15,16)17/h3-5,8,18H,6-7H2,1-2H3,(H,19,20). The summed E-state index contributed by atoms with van der Waals surface area (Å²) in [6.45, 7) is 2.01. The molecule has 0 aliphatic heterocycles. The van der Waals surface area contributed by atoms with E-state index in [9.17, 15) is 18.0 Å². The lowest BCUT2D eigenvalue weighted by atomic mass is 10.2. The fraction of sp³-hybridized carbons (Fsp3) is 0.462. The van der Waals surface area contributed by atoms with Crippen molar-refractivity contribution in [3.8, 4) is 0 Å². The SMILES string of the molecule is COCC(C)NC(=O)CNc1ccc(Br)c(C(F)(F)F)c1. The maximum Gasteiger partial charge on any atom is 0.417 e. The highest BCUT2D eigenvalue weighted by Crippen LogP contribution is 2.36. The summed E-state index contributed by atoms with van der Waals surface area (Å²) in [5.74, 6) is -0.323. The maximum atomic E-state index is 12.7. The van der Waals surface area contributed by atoms with Crippen LogP contribution in [0.25, 0.3) is 0 Å². The van der Waals surface area contributed by atoms with Crippen molar-refractivity contribution < 1.29 is 22.7 Å². The summed E-state index contributed by atoms with van der Waals surface area (Å²) in [5, 5.41) is 5.31. The van der Waals surface area contributed by atoms with Crippen LogP contribution in [0.5, 0.6) is 0 Å². The smallest absolute Gasteiger partial charge is 0.383 e. The Morgan fingerprint density at radius 1 is 1.43 bits per heavy atom. The Hall–Kier alpha value is -1.28. The van der Waals surface area contributed by atoms with Crippen molar-refractivity contribution in [2.75, 3.05) is 25.6 Å². The number of amides is 1. The monoisotopic (exact) mass is 368 g/mol. The second-order valence-electron chi connectivity index (χ2n) is 4.47. The molecule has 1 amide bonds. The summed E-state index contributed by atoms with van der Waals surface area (Å²) >= 11 is 2.86. The van der Waals surface area contributed by atoms with Crippen LogP contribution in [0.1, 0.15) is 12.5 Å². The number of rotatable bonds is 6. The van der Waals surface area contributed by atoms with Gasteiger partial charge in [0.05, 0.1) is 18.7 Å². The second kappa shape index (κ2) is 7.65. The van der Waals surface area contributed by atoms with Crippen LogP contribution >= 0.6 is 15.9 Å². The summed E-state index contributed by atoms with van der Waals surface area (Å²) < 4.78 is 43.0. The summed E-state index contributed by atoms with van der Waals surface area (Å²) in [6, 6.07) is 3.54. The molecule has 0 aromatic heterocycles. The molecule has 2 N–H and O–H groups in total. The number of carbonyl (C=O) groups is 1. The molecule has 0 spiro atoms. The zero-order valence-electron chi connectivity index (χ0n) is 11.6. The van der Waals surface area contributed by atoms with Gasteiger partial charge in [-0.05, 0) is 25.1 Å². The molecule has 0 saturated carbocycles. The van der Waals surface area contributed by atoms with Gasteiger partial charge in [-0.2, -0.15) is 13.2 Å². The highest BCUT2D eigenvalue weighted by molar-refractivity contribution is 9.10. The van der Waals surface area contributed by atoms with E-state index in [0.29, 0.717) is 6.61 Å². The lowest BCUT2D eigenvalue weighted by Crippen LogP contribution is -2.39. The van der Waals surface area contributed by atoms with Crippen molar-refractivity contribution in [2.45, 2.75) is 19.1 Å². The van der Waals surface area contributed by atoms with Crippen LogP contribution in [0.15, 0.2) is 22.7 Å². The molecule has 0 aliphatic carbocycles. The summed E-state index contributed by atoms with van der Waals surface area (Å²) in [6.07, 6.45) is -4.45. The predicted octanol–water partition coefficient (Wildman–Crippen LogP) is 3.03. The molecule has 4 nitrogen and oxygen atoms in total. The number of hydrogen-bond donors (Lipinski definition) is 2. The van der Waals surface area contributed by atoms with E-state index in [1.165, 1.54) is 19.2 Å². The maximum absolute atomic E-state index is 12.7. The van der Waals surface area contributed by atoms with Crippen molar-refractivity contribution in [1.29, 1.82) is 0 Å². The van der Waals surface area contributed by atoms with Gasteiger partial charge in [-0.15, -0.1) is 0 Å². The largest absolute Gasteiger partial charge is 0.417 e. The number of alkyl halides is 3. The fourth-order valence-electron chi connectivity index (χ4n) is 1.65. The van der Waals surface area contributed by atoms with E-state index in [-0.39, 0.29) is 28.7 Å². The molecule has 0 radical (unpaired) electrons. The lowest BCUT2D eigenvalue weighted by Gasteiger charge is -2.15. The van der Waals surface area contributed by atoms with Crippen LogP contribution in [0.4, 0.5) is 18.9 Å². The van der Waals surface area contributed by atoms with E-state index >= 15 is 0 Å². The normalized spacial score (nSPS) is 12.9. The first-order valence-electron chi connectivity index (χ1n) is 6.13. The third kappa shape index (κ3) is 5.92. The zero-order chi connectivity index (χ0) is 16.0. The lowest BCUT2D eigenvalue weighted by molar-refractivity contribution is -0.138. The van der Waals surface area contributed by atoms with Crippen molar-refractivity contribution in [1.82, 2.24) is 5.32 Å². The van der Waals surface area contributed by atoms with E-state index in [1.54, 1.807) is 6.92 Å². The topological polar surface area (TPSA) is 50.4 Å². The Morgan fingerprint density at radius 3 is 2.67 bits per heavy atom. The van der Waals surface area contributed by atoms with Crippen LogP contribution in [0.3, 0.4) is 0 Å². The van der Waals surface area contributed by atoms with E-state index in [1.807, 2.05) is 0 Å². The van der Waals surface area contributed by atoms with Gasteiger partial charge in [-0.3, -0.25) is 4.79 Å². The first-order valence-corrected chi connectivity index (χ1v) is 6.92. The van der Waals surface area contributed by atoms with Gasteiger partial charge in [0.1, 0.15) is 0 Å². The third-order valence-corrected chi connectivity index (χ3v) is 3.24. The number of benzene rings is 1. The van der Waals surface area contributed by atoms with Crippen LogP contribution in [-0.4, -0.2) is 32.2 Å². The van der Waals surface area contributed by atoms with E-state index in [4.69, 9.17) is 4.74 Å². The van der Waals surface area contributed by atoms with Gasteiger partial charge in [0, 0.05) is 23.3 Å². The molecule has 0 saturated heterocycles. The molecule has 118 valence electrons. The Kier molecular flexibility index (Phi) is 6.47. The van der Waals surface area contributed by atoms with E-state index in [2.05, 4.69) is 26.6 Å². The molecule has 8 heteroatoms.